The first-order valence-electron chi connectivity index (χ1n) is 6.56. The maximum Gasteiger partial charge on any atom is 0.241 e. The van der Waals surface area contributed by atoms with E-state index < -0.39 is 10.0 Å². The van der Waals surface area contributed by atoms with Crippen molar-refractivity contribution in [3.63, 3.8) is 0 Å². The molecule has 0 aliphatic rings. The van der Waals surface area contributed by atoms with Crippen LogP contribution in [0.1, 0.15) is 31.4 Å². The van der Waals surface area contributed by atoms with E-state index in [0.29, 0.717) is 17.4 Å². The van der Waals surface area contributed by atoms with Crippen molar-refractivity contribution in [1.82, 2.24) is 4.72 Å². The summed E-state index contributed by atoms with van der Waals surface area (Å²) in [6.07, 6.45) is 0.737. The van der Waals surface area contributed by atoms with Crippen LogP contribution in [0.25, 0.3) is 0 Å². The van der Waals surface area contributed by atoms with Gasteiger partial charge >= 0.3 is 0 Å². The minimum absolute atomic E-state index is 0.218. The largest absolute Gasteiger partial charge is 0.329 e. The van der Waals surface area contributed by atoms with Crippen LogP contribution in [0.4, 0.5) is 0 Å². The number of sulfonamides is 1. The average Bonchev–Trinajstić information content (AvgIpc) is 2.30. The van der Waals surface area contributed by atoms with E-state index in [1.54, 1.807) is 13.0 Å². The molecule has 0 aliphatic carbocycles. The van der Waals surface area contributed by atoms with Gasteiger partial charge in [0.1, 0.15) is 0 Å². The fraction of sp³-hybridized carbons (Fsp3) is 0.571. The van der Waals surface area contributed by atoms with E-state index in [0.717, 1.165) is 17.5 Å². The minimum atomic E-state index is -3.50. The summed E-state index contributed by atoms with van der Waals surface area (Å²) in [6.45, 7) is 8.09. The van der Waals surface area contributed by atoms with Gasteiger partial charge in [-0.2, -0.15) is 0 Å². The van der Waals surface area contributed by atoms with Crippen LogP contribution >= 0.6 is 0 Å². The molecule has 0 heterocycles. The lowest BCUT2D eigenvalue weighted by molar-refractivity contribution is 0.465. The highest BCUT2D eigenvalue weighted by Gasteiger charge is 2.21. The Kier molecular flexibility index (Phi) is 5.52. The predicted octanol–water partition coefficient (Wildman–Crippen LogP) is 1.96. The summed E-state index contributed by atoms with van der Waals surface area (Å²) in [6, 6.07) is 5.21. The van der Waals surface area contributed by atoms with Crippen LogP contribution in [0.2, 0.25) is 0 Å². The number of nitrogens with two attached hydrogens (primary N) is 1. The Balaban J connectivity index is 3.00. The number of nitrogens with one attached hydrogen (secondary N) is 1. The topological polar surface area (TPSA) is 72.2 Å². The van der Waals surface area contributed by atoms with Gasteiger partial charge in [-0.3, -0.25) is 0 Å². The summed E-state index contributed by atoms with van der Waals surface area (Å²) in [4.78, 5) is 0.342. The van der Waals surface area contributed by atoms with Crippen molar-refractivity contribution < 1.29 is 8.42 Å². The molecule has 0 bridgehead atoms. The molecule has 0 saturated heterocycles. The normalized spacial score (nSPS) is 13.8. The number of aryl methyl sites for hydroxylation is 2. The van der Waals surface area contributed by atoms with Crippen molar-refractivity contribution in [2.24, 2.45) is 11.7 Å². The van der Waals surface area contributed by atoms with Crippen LogP contribution in [-0.4, -0.2) is 21.0 Å². The summed E-state index contributed by atoms with van der Waals surface area (Å²) in [7, 11) is -3.50. The van der Waals surface area contributed by atoms with Gasteiger partial charge in [0.15, 0.2) is 0 Å². The molecule has 1 unspecified atom stereocenters. The summed E-state index contributed by atoms with van der Waals surface area (Å²) in [5.74, 6) is 0.398. The van der Waals surface area contributed by atoms with Crippen LogP contribution in [0.15, 0.2) is 23.1 Å². The van der Waals surface area contributed by atoms with E-state index in [-0.39, 0.29) is 6.04 Å². The molecule has 19 heavy (non-hydrogen) atoms. The van der Waals surface area contributed by atoms with E-state index in [2.05, 4.69) is 18.6 Å². The monoisotopic (exact) mass is 284 g/mol. The Morgan fingerprint density at radius 2 is 1.89 bits per heavy atom. The third-order valence-electron chi connectivity index (χ3n) is 3.00. The predicted molar refractivity (Wildman–Crippen MR) is 78.5 cm³/mol. The van der Waals surface area contributed by atoms with Crippen molar-refractivity contribution in [2.45, 2.75) is 45.1 Å². The Morgan fingerprint density at radius 3 is 2.42 bits per heavy atom. The van der Waals surface area contributed by atoms with Gasteiger partial charge in [-0.05, 0) is 43.4 Å². The number of hydrogen-bond acceptors (Lipinski definition) is 3. The highest BCUT2D eigenvalue weighted by Crippen LogP contribution is 2.17. The minimum Gasteiger partial charge on any atom is -0.329 e. The van der Waals surface area contributed by atoms with Gasteiger partial charge in [0.25, 0.3) is 0 Å². The van der Waals surface area contributed by atoms with Crippen molar-refractivity contribution in [2.75, 3.05) is 6.54 Å². The number of benzene rings is 1. The van der Waals surface area contributed by atoms with Crippen molar-refractivity contribution in [3.05, 3.63) is 29.3 Å². The zero-order valence-corrected chi connectivity index (χ0v) is 12.9. The van der Waals surface area contributed by atoms with Gasteiger partial charge in [0.05, 0.1) is 4.90 Å². The molecule has 0 aliphatic heterocycles. The van der Waals surface area contributed by atoms with E-state index in [4.69, 9.17) is 5.73 Å². The molecule has 0 aromatic heterocycles. The fourth-order valence-electron chi connectivity index (χ4n) is 2.04. The SMILES string of the molecule is Cc1ccc(C)c(S(=O)(=O)NC(CN)CC(C)C)c1. The van der Waals surface area contributed by atoms with Gasteiger partial charge in [0.2, 0.25) is 10.0 Å². The second-order valence-electron chi connectivity index (χ2n) is 5.45. The molecule has 1 rings (SSSR count). The second-order valence-corrected chi connectivity index (χ2v) is 7.13. The van der Waals surface area contributed by atoms with Crippen LogP contribution in [0.3, 0.4) is 0 Å². The molecule has 5 heteroatoms. The molecular weight excluding hydrogens is 260 g/mol. The Labute approximate surface area is 116 Å². The highest BCUT2D eigenvalue weighted by atomic mass is 32.2. The van der Waals surface area contributed by atoms with Gasteiger partial charge in [-0.25, -0.2) is 13.1 Å². The van der Waals surface area contributed by atoms with E-state index >= 15 is 0 Å². The lowest BCUT2D eigenvalue weighted by Crippen LogP contribution is -2.41. The summed E-state index contributed by atoms with van der Waals surface area (Å²) >= 11 is 0. The second kappa shape index (κ2) is 6.50. The molecule has 0 saturated carbocycles. The van der Waals surface area contributed by atoms with E-state index in [9.17, 15) is 8.42 Å². The van der Waals surface area contributed by atoms with E-state index in [1.165, 1.54) is 0 Å². The lowest BCUT2D eigenvalue weighted by atomic mass is 10.1. The van der Waals surface area contributed by atoms with Crippen LogP contribution in [0.5, 0.6) is 0 Å². The first-order chi connectivity index (χ1) is 8.76. The maximum atomic E-state index is 12.4. The van der Waals surface area contributed by atoms with Gasteiger partial charge in [0, 0.05) is 12.6 Å². The smallest absolute Gasteiger partial charge is 0.241 e. The third kappa shape index (κ3) is 4.60. The zero-order chi connectivity index (χ0) is 14.6. The van der Waals surface area contributed by atoms with Crippen molar-refractivity contribution >= 4 is 10.0 Å². The molecule has 0 amide bonds. The van der Waals surface area contributed by atoms with Crippen LogP contribution in [-0.2, 0) is 10.0 Å². The molecule has 1 aromatic carbocycles. The highest BCUT2D eigenvalue weighted by molar-refractivity contribution is 7.89. The molecule has 1 atom stereocenters. The summed E-state index contributed by atoms with van der Waals surface area (Å²) in [5.41, 5.74) is 7.33. The Morgan fingerprint density at radius 1 is 1.26 bits per heavy atom. The van der Waals surface area contributed by atoms with Crippen molar-refractivity contribution in [3.8, 4) is 0 Å². The molecule has 4 nitrogen and oxygen atoms in total. The van der Waals surface area contributed by atoms with Crippen molar-refractivity contribution in [1.29, 1.82) is 0 Å². The lowest BCUT2D eigenvalue weighted by Gasteiger charge is -2.19. The molecule has 3 N–H and O–H groups in total. The summed E-state index contributed by atoms with van der Waals surface area (Å²) < 4.78 is 27.5. The standard InChI is InChI=1S/C14H24N2O2S/c1-10(2)7-13(9-15)16-19(17,18)14-8-11(3)5-6-12(14)4/h5-6,8,10,13,16H,7,9,15H2,1-4H3. The van der Waals surface area contributed by atoms with Crippen LogP contribution in [0, 0.1) is 19.8 Å². The molecule has 0 fully saturated rings. The quantitative estimate of drug-likeness (QED) is 0.838. The van der Waals surface area contributed by atoms with Gasteiger partial charge in [-0.1, -0.05) is 26.0 Å². The maximum absolute atomic E-state index is 12.4. The van der Waals surface area contributed by atoms with Gasteiger partial charge < -0.3 is 5.73 Å². The first-order valence-corrected chi connectivity index (χ1v) is 8.04. The molecule has 108 valence electrons. The Hall–Kier alpha value is -0.910. The Bertz CT molecular complexity index is 524. The van der Waals surface area contributed by atoms with Gasteiger partial charge in [-0.15, -0.1) is 0 Å². The molecular formula is C14H24N2O2S. The molecule has 1 aromatic rings. The number of hydrogen-bond donors (Lipinski definition) is 2. The number of rotatable bonds is 6. The average molecular weight is 284 g/mol. The summed E-state index contributed by atoms with van der Waals surface area (Å²) in [5, 5.41) is 0. The zero-order valence-electron chi connectivity index (χ0n) is 12.1. The van der Waals surface area contributed by atoms with Crippen LogP contribution < -0.4 is 10.5 Å². The third-order valence-corrected chi connectivity index (χ3v) is 4.66. The first kappa shape index (κ1) is 16.1. The van der Waals surface area contributed by atoms with E-state index in [1.807, 2.05) is 19.1 Å². The molecule has 0 spiro atoms. The fourth-order valence-corrected chi connectivity index (χ4v) is 3.63. The molecule has 0 radical (unpaired) electrons.